The van der Waals surface area contributed by atoms with Gasteiger partial charge >= 0.3 is 0 Å². The Labute approximate surface area is 130 Å². The van der Waals surface area contributed by atoms with Crippen LogP contribution in [0.15, 0.2) is 18.2 Å². The summed E-state index contributed by atoms with van der Waals surface area (Å²) in [6.07, 6.45) is 0. The van der Waals surface area contributed by atoms with E-state index >= 15 is 0 Å². The normalized spacial score (nSPS) is 15.9. The number of ether oxygens (including phenoxy) is 1. The monoisotopic (exact) mass is 312 g/mol. The number of benzene rings is 1. The Morgan fingerprint density at radius 1 is 1.52 bits per heavy atom. The summed E-state index contributed by atoms with van der Waals surface area (Å²) in [5, 5.41) is 8.72. The summed E-state index contributed by atoms with van der Waals surface area (Å²) >= 11 is 6.44. The molecular formula is C15H21ClN2O3. The van der Waals surface area contributed by atoms with E-state index in [1.165, 1.54) is 0 Å². The molecule has 0 bridgehead atoms. The molecule has 21 heavy (non-hydrogen) atoms. The van der Waals surface area contributed by atoms with Crippen LogP contribution in [0.4, 0.5) is 5.69 Å². The number of alkyl halides is 1. The van der Waals surface area contributed by atoms with Gasteiger partial charge in [0.05, 0.1) is 17.7 Å². The molecule has 0 saturated carbocycles. The Bertz CT molecular complexity index is 510. The van der Waals surface area contributed by atoms with Crippen molar-refractivity contribution in [1.82, 2.24) is 4.90 Å². The molecule has 0 radical (unpaired) electrons. The molecule has 1 unspecified atom stereocenters. The van der Waals surface area contributed by atoms with Crippen molar-refractivity contribution in [2.75, 3.05) is 44.8 Å². The maximum atomic E-state index is 11.9. The van der Waals surface area contributed by atoms with E-state index in [2.05, 4.69) is 0 Å². The SMILES string of the molecule is CCN1C(=O)COc2ccc(C(Cl)CN(C)CCO)cc21. The number of halogens is 1. The number of carbonyl (C=O) groups is 1. The number of hydrogen-bond acceptors (Lipinski definition) is 4. The first-order valence-corrected chi connectivity index (χ1v) is 7.51. The Kier molecular flexibility index (Phi) is 5.45. The molecule has 0 saturated heterocycles. The minimum absolute atomic E-state index is 0.0364. The summed E-state index contributed by atoms with van der Waals surface area (Å²) in [6.45, 7) is 3.95. The first-order valence-electron chi connectivity index (χ1n) is 7.07. The van der Waals surface area contributed by atoms with Crippen LogP contribution in [0.3, 0.4) is 0 Å². The average molecular weight is 313 g/mol. The number of likely N-dealkylation sites (N-methyl/N-ethyl adjacent to an activating group) is 2. The fraction of sp³-hybridized carbons (Fsp3) is 0.533. The number of amides is 1. The Hall–Kier alpha value is -1.30. The van der Waals surface area contributed by atoms with Gasteiger partial charge in [-0.15, -0.1) is 11.6 Å². The number of carbonyl (C=O) groups excluding carboxylic acids is 1. The first-order chi connectivity index (χ1) is 10.1. The van der Waals surface area contributed by atoms with Gasteiger partial charge in [0, 0.05) is 19.6 Å². The van der Waals surface area contributed by atoms with Crippen molar-refractivity contribution in [2.24, 2.45) is 0 Å². The third-order valence-electron chi connectivity index (χ3n) is 3.56. The second-order valence-electron chi connectivity index (χ2n) is 5.11. The van der Waals surface area contributed by atoms with Gasteiger partial charge in [-0.25, -0.2) is 0 Å². The van der Waals surface area contributed by atoms with Crippen molar-refractivity contribution in [1.29, 1.82) is 0 Å². The molecule has 1 atom stereocenters. The molecule has 2 rings (SSSR count). The van der Waals surface area contributed by atoms with Gasteiger partial charge < -0.3 is 19.6 Å². The van der Waals surface area contributed by atoms with E-state index in [-0.39, 0.29) is 24.5 Å². The topological polar surface area (TPSA) is 53.0 Å². The summed E-state index contributed by atoms with van der Waals surface area (Å²) in [5.41, 5.74) is 1.72. The zero-order chi connectivity index (χ0) is 15.4. The number of aliphatic hydroxyl groups excluding tert-OH is 1. The summed E-state index contributed by atoms with van der Waals surface area (Å²) in [4.78, 5) is 15.5. The molecule has 1 aliphatic heterocycles. The van der Waals surface area contributed by atoms with E-state index in [1.54, 1.807) is 4.90 Å². The lowest BCUT2D eigenvalue weighted by Gasteiger charge is -2.29. The standard InChI is InChI=1S/C15H21ClN2O3/c1-3-18-13-8-11(12(16)9-17(2)6-7-19)4-5-14(13)21-10-15(18)20/h4-5,8,12,19H,3,6-7,9-10H2,1-2H3. The summed E-state index contributed by atoms with van der Waals surface area (Å²) < 4.78 is 5.44. The smallest absolute Gasteiger partial charge is 0.265 e. The van der Waals surface area contributed by atoms with E-state index < -0.39 is 0 Å². The lowest BCUT2D eigenvalue weighted by molar-refractivity contribution is -0.121. The predicted octanol–water partition coefficient (Wildman–Crippen LogP) is 1.64. The zero-order valence-electron chi connectivity index (χ0n) is 12.4. The third kappa shape index (κ3) is 3.67. The van der Waals surface area contributed by atoms with Crippen molar-refractivity contribution in [3.63, 3.8) is 0 Å². The summed E-state index contributed by atoms with van der Waals surface area (Å²) in [6, 6.07) is 5.70. The first kappa shape index (κ1) is 16.1. The van der Waals surface area contributed by atoms with Gasteiger partial charge in [-0.1, -0.05) is 6.07 Å². The van der Waals surface area contributed by atoms with E-state index in [4.69, 9.17) is 21.4 Å². The van der Waals surface area contributed by atoms with Gasteiger partial charge in [0.1, 0.15) is 5.75 Å². The zero-order valence-corrected chi connectivity index (χ0v) is 13.1. The number of nitrogens with zero attached hydrogens (tertiary/aromatic N) is 2. The van der Waals surface area contributed by atoms with Crippen LogP contribution in [0.2, 0.25) is 0 Å². The Morgan fingerprint density at radius 2 is 2.29 bits per heavy atom. The highest BCUT2D eigenvalue weighted by Gasteiger charge is 2.25. The lowest BCUT2D eigenvalue weighted by atomic mass is 10.1. The van der Waals surface area contributed by atoms with Crippen LogP contribution in [0.1, 0.15) is 17.9 Å². The molecule has 1 heterocycles. The van der Waals surface area contributed by atoms with Gasteiger partial charge in [-0.3, -0.25) is 4.79 Å². The van der Waals surface area contributed by atoms with Gasteiger partial charge in [0.25, 0.3) is 5.91 Å². The van der Waals surface area contributed by atoms with Crippen molar-refractivity contribution in [3.8, 4) is 5.75 Å². The maximum absolute atomic E-state index is 11.9. The fourth-order valence-electron chi connectivity index (χ4n) is 2.40. The number of aliphatic hydroxyl groups is 1. The van der Waals surface area contributed by atoms with Crippen molar-refractivity contribution >= 4 is 23.2 Å². The van der Waals surface area contributed by atoms with Crippen LogP contribution in [0, 0.1) is 0 Å². The lowest BCUT2D eigenvalue weighted by Crippen LogP contribution is -2.38. The number of hydrogen-bond donors (Lipinski definition) is 1. The predicted molar refractivity (Wildman–Crippen MR) is 83.1 cm³/mol. The van der Waals surface area contributed by atoms with E-state index in [0.717, 1.165) is 11.3 Å². The van der Waals surface area contributed by atoms with Gasteiger partial charge in [0.15, 0.2) is 6.61 Å². The molecule has 6 heteroatoms. The van der Waals surface area contributed by atoms with Crippen molar-refractivity contribution in [2.45, 2.75) is 12.3 Å². The third-order valence-corrected chi connectivity index (χ3v) is 3.95. The van der Waals surface area contributed by atoms with Gasteiger partial charge in [-0.2, -0.15) is 0 Å². The maximum Gasteiger partial charge on any atom is 0.265 e. The highest BCUT2D eigenvalue weighted by Crippen LogP contribution is 2.35. The molecule has 0 aliphatic carbocycles. The van der Waals surface area contributed by atoms with E-state index in [9.17, 15) is 4.79 Å². The molecule has 1 N–H and O–H groups in total. The summed E-state index contributed by atoms with van der Waals surface area (Å²) in [5.74, 6) is 0.679. The van der Waals surface area contributed by atoms with Gasteiger partial charge in [0.2, 0.25) is 0 Å². The van der Waals surface area contributed by atoms with E-state index in [0.29, 0.717) is 25.4 Å². The molecule has 116 valence electrons. The number of fused-ring (bicyclic) bond motifs is 1. The van der Waals surface area contributed by atoms with Crippen LogP contribution >= 0.6 is 11.6 Å². The average Bonchev–Trinajstić information content (AvgIpc) is 2.46. The van der Waals surface area contributed by atoms with Crippen LogP contribution in [0.25, 0.3) is 0 Å². The molecule has 1 aliphatic rings. The molecule has 1 aromatic rings. The molecular weight excluding hydrogens is 292 g/mol. The molecule has 0 fully saturated rings. The molecule has 1 amide bonds. The fourth-order valence-corrected chi connectivity index (χ4v) is 2.77. The summed E-state index contributed by atoms with van der Waals surface area (Å²) in [7, 11) is 1.91. The highest BCUT2D eigenvalue weighted by atomic mass is 35.5. The van der Waals surface area contributed by atoms with Crippen molar-refractivity contribution < 1.29 is 14.6 Å². The molecule has 5 nitrogen and oxygen atoms in total. The molecule has 0 spiro atoms. The van der Waals surface area contributed by atoms with Crippen LogP contribution < -0.4 is 9.64 Å². The number of rotatable bonds is 6. The minimum Gasteiger partial charge on any atom is -0.482 e. The van der Waals surface area contributed by atoms with Crippen LogP contribution in [-0.4, -0.2) is 55.8 Å². The minimum atomic E-state index is -0.206. The Morgan fingerprint density at radius 3 is 2.95 bits per heavy atom. The Balaban J connectivity index is 2.19. The highest BCUT2D eigenvalue weighted by molar-refractivity contribution is 6.21. The number of anilines is 1. The van der Waals surface area contributed by atoms with Crippen LogP contribution in [0.5, 0.6) is 5.75 Å². The largest absolute Gasteiger partial charge is 0.482 e. The van der Waals surface area contributed by atoms with Crippen molar-refractivity contribution in [3.05, 3.63) is 23.8 Å². The van der Waals surface area contributed by atoms with Gasteiger partial charge in [-0.05, 0) is 31.7 Å². The second kappa shape index (κ2) is 7.11. The molecule has 0 aromatic heterocycles. The molecule has 1 aromatic carbocycles. The quantitative estimate of drug-likeness (QED) is 0.811. The van der Waals surface area contributed by atoms with Crippen LogP contribution in [-0.2, 0) is 4.79 Å². The van der Waals surface area contributed by atoms with E-state index in [1.807, 2.05) is 37.1 Å². The second-order valence-corrected chi connectivity index (χ2v) is 5.63.